The van der Waals surface area contributed by atoms with Crippen LogP contribution < -0.4 is 19.1 Å². The van der Waals surface area contributed by atoms with Crippen LogP contribution in [0.5, 0.6) is 0 Å². The van der Waals surface area contributed by atoms with Crippen molar-refractivity contribution in [3.8, 4) is 22.5 Å². The number of nitrogens with one attached hydrogen (secondary N) is 2. The molecule has 0 saturated carbocycles. The third-order valence-electron chi connectivity index (χ3n) is 5.95. The number of aromatic amines is 2. The fraction of sp³-hybridized carbons (Fsp3) is 0.154. The Balaban J connectivity index is 1.57. The van der Waals surface area contributed by atoms with E-state index >= 15 is 0 Å². The molecule has 0 saturated heterocycles. The first-order chi connectivity index (χ1) is 14.5. The lowest BCUT2D eigenvalue weighted by molar-refractivity contribution is -0.641. The number of hydrogen-bond acceptors (Lipinski definition) is 0. The van der Waals surface area contributed by atoms with Crippen LogP contribution in [0.25, 0.3) is 44.6 Å². The minimum absolute atomic E-state index is 1.15. The fourth-order valence-corrected chi connectivity index (χ4v) is 4.23. The summed E-state index contributed by atoms with van der Waals surface area (Å²) < 4.78 is 4.48. The highest BCUT2D eigenvalue weighted by Gasteiger charge is 2.22. The highest BCUT2D eigenvalue weighted by atomic mass is 15.0. The number of H-pyrrole nitrogens is 2. The van der Waals surface area contributed by atoms with Gasteiger partial charge in [0.15, 0.2) is 0 Å². The molecule has 0 aliphatic rings. The molecule has 0 spiro atoms. The second-order valence-electron chi connectivity index (χ2n) is 8.08. The van der Waals surface area contributed by atoms with Crippen molar-refractivity contribution in [1.82, 2.24) is 0 Å². The molecule has 0 fully saturated rings. The van der Waals surface area contributed by atoms with Gasteiger partial charge in [-0.3, -0.25) is 0 Å². The van der Waals surface area contributed by atoms with Crippen molar-refractivity contribution in [2.45, 2.75) is 13.8 Å². The summed E-state index contributed by atoms with van der Waals surface area (Å²) in [6.45, 7) is 4.23. The molecular formula is C26H26N4+4. The van der Waals surface area contributed by atoms with Crippen molar-refractivity contribution in [3.05, 3.63) is 84.2 Å². The van der Waals surface area contributed by atoms with Crippen molar-refractivity contribution in [3.63, 3.8) is 0 Å². The van der Waals surface area contributed by atoms with E-state index in [-0.39, 0.29) is 0 Å². The molecule has 5 aromatic rings. The van der Waals surface area contributed by atoms with Crippen LogP contribution in [0.1, 0.15) is 11.1 Å². The van der Waals surface area contributed by atoms with Crippen LogP contribution in [0.3, 0.4) is 0 Å². The van der Waals surface area contributed by atoms with Gasteiger partial charge in [0.1, 0.15) is 14.1 Å². The van der Waals surface area contributed by atoms with Gasteiger partial charge in [0.05, 0.1) is 11.1 Å². The van der Waals surface area contributed by atoms with E-state index in [2.05, 4.69) is 120 Å². The molecule has 0 amide bonds. The summed E-state index contributed by atoms with van der Waals surface area (Å²) >= 11 is 0. The number of hydrogen-bond donors (Lipinski definition) is 0. The van der Waals surface area contributed by atoms with Crippen LogP contribution in [0, 0.1) is 13.8 Å². The second kappa shape index (κ2) is 6.99. The molecule has 5 rings (SSSR count). The molecule has 0 aliphatic heterocycles. The largest absolute Gasteiger partial charge is 0.277 e. The van der Waals surface area contributed by atoms with E-state index < -0.39 is 0 Å². The molecule has 30 heavy (non-hydrogen) atoms. The molecule has 0 unspecified atom stereocenters. The maximum absolute atomic E-state index is 3.45. The Bertz CT molecular complexity index is 1310. The molecule has 3 aromatic carbocycles. The maximum atomic E-state index is 3.45. The first kappa shape index (κ1) is 18.4. The van der Waals surface area contributed by atoms with Crippen LogP contribution in [-0.2, 0) is 14.1 Å². The average Bonchev–Trinajstić information content (AvgIpc) is 2.74. The number of aryl methyl sites for hydroxylation is 4. The number of fused-ring (bicyclic) bond motifs is 2. The normalized spacial score (nSPS) is 11.3. The summed E-state index contributed by atoms with van der Waals surface area (Å²) in [4.78, 5) is 6.90. The summed E-state index contributed by atoms with van der Waals surface area (Å²) in [7, 11) is 4.24. The molecule has 146 valence electrons. The lowest BCUT2D eigenvalue weighted by atomic mass is 10.1. The first-order valence-corrected chi connectivity index (χ1v) is 10.2. The van der Waals surface area contributed by atoms with Gasteiger partial charge in [-0.15, -0.1) is 0 Å². The number of benzene rings is 3. The first-order valence-electron chi connectivity index (χ1n) is 10.2. The zero-order valence-corrected chi connectivity index (χ0v) is 17.8. The lowest BCUT2D eigenvalue weighted by Crippen LogP contribution is -2.35. The van der Waals surface area contributed by atoms with Crippen LogP contribution in [0.15, 0.2) is 73.1 Å². The monoisotopic (exact) mass is 394 g/mol. The Morgan fingerprint density at radius 2 is 0.967 bits per heavy atom. The summed E-state index contributed by atoms with van der Waals surface area (Å²) in [5.74, 6) is 0. The van der Waals surface area contributed by atoms with E-state index in [4.69, 9.17) is 0 Å². The van der Waals surface area contributed by atoms with Gasteiger partial charge in [-0.1, -0.05) is 12.1 Å². The van der Waals surface area contributed by atoms with Crippen molar-refractivity contribution >= 4 is 22.1 Å². The summed E-state index contributed by atoms with van der Waals surface area (Å²) in [6.07, 6.45) is 4.17. The summed E-state index contributed by atoms with van der Waals surface area (Å²) in [5.41, 5.74) is 11.9. The summed E-state index contributed by atoms with van der Waals surface area (Å²) in [6, 6.07) is 21.8. The Morgan fingerprint density at radius 3 is 1.37 bits per heavy atom. The number of rotatable bonds is 2. The topological polar surface area (TPSA) is 36.0 Å². The molecule has 4 heteroatoms. The van der Waals surface area contributed by atoms with E-state index in [9.17, 15) is 0 Å². The van der Waals surface area contributed by atoms with Crippen LogP contribution in [-0.4, -0.2) is 0 Å². The Hall–Kier alpha value is -3.66. The van der Waals surface area contributed by atoms with Gasteiger partial charge in [-0.05, 0) is 49.2 Å². The maximum Gasteiger partial charge on any atom is 0.277 e. The van der Waals surface area contributed by atoms with E-state index in [1.54, 1.807) is 0 Å². The SMILES string of the molecule is Cc1ccc2c(c1)[nH+]cc(-c1ccc(-c3c[nH+]c4cc(C)ccc4[n+]3C)cc1)[n+]2C. The van der Waals surface area contributed by atoms with E-state index in [1.165, 1.54) is 33.3 Å². The Morgan fingerprint density at radius 1 is 0.567 bits per heavy atom. The molecule has 0 radical (unpaired) electrons. The predicted molar refractivity (Wildman–Crippen MR) is 117 cm³/mol. The minimum Gasteiger partial charge on any atom is -0.200 e. The smallest absolute Gasteiger partial charge is 0.200 e. The van der Waals surface area contributed by atoms with Crippen LogP contribution >= 0.6 is 0 Å². The van der Waals surface area contributed by atoms with E-state index in [0.717, 1.165) is 22.4 Å². The summed E-state index contributed by atoms with van der Waals surface area (Å²) in [5, 5.41) is 0. The molecular weight excluding hydrogens is 368 g/mol. The van der Waals surface area contributed by atoms with Crippen molar-refractivity contribution in [2.24, 2.45) is 14.1 Å². The Labute approximate surface area is 176 Å². The lowest BCUT2D eigenvalue weighted by Gasteiger charge is -2.03. The van der Waals surface area contributed by atoms with Gasteiger partial charge in [-0.25, -0.2) is 9.97 Å². The van der Waals surface area contributed by atoms with E-state index in [0.29, 0.717) is 0 Å². The van der Waals surface area contributed by atoms with Crippen LogP contribution in [0.2, 0.25) is 0 Å². The van der Waals surface area contributed by atoms with Crippen molar-refractivity contribution < 1.29 is 19.1 Å². The van der Waals surface area contributed by atoms with Gasteiger partial charge in [-0.2, -0.15) is 9.13 Å². The van der Waals surface area contributed by atoms with Gasteiger partial charge in [0, 0.05) is 24.3 Å². The predicted octanol–water partition coefficient (Wildman–Crippen LogP) is 3.22. The Kier molecular flexibility index (Phi) is 4.28. The van der Waals surface area contributed by atoms with Gasteiger partial charge in [0.25, 0.3) is 33.5 Å². The van der Waals surface area contributed by atoms with E-state index in [1.807, 2.05) is 0 Å². The molecule has 2 aromatic heterocycles. The number of aromatic nitrogens is 4. The third-order valence-corrected chi connectivity index (χ3v) is 5.95. The molecule has 0 aliphatic carbocycles. The highest BCUT2D eigenvalue weighted by Crippen LogP contribution is 2.22. The van der Waals surface area contributed by atoms with Crippen LogP contribution in [0.4, 0.5) is 0 Å². The highest BCUT2D eigenvalue weighted by molar-refractivity contribution is 5.72. The molecule has 2 heterocycles. The zero-order valence-electron chi connectivity index (χ0n) is 17.8. The standard InChI is InChI=1S/C26H24N4/c1-17-5-11-23-21(13-17)27-15-25(29(23)3)19-7-9-20(10-8-19)26-16-28-22-14-18(2)6-12-24(22)30(26)4/h5-16H,1-4H3/q+2/p+2. The quantitative estimate of drug-likeness (QED) is 0.412. The zero-order chi connectivity index (χ0) is 20.8. The van der Waals surface area contributed by atoms with Crippen molar-refractivity contribution in [2.75, 3.05) is 0 Å². The minimum atomic E-state index is 1.15. The second-order valence-corrected chi connectivity index (χ2v) is 8.08. The molecule has 0 atom stereocenters. The third kappa shape index (κ3) is 3.01. The van der Waals surface area contributed by atoms with Gasteiger partial charge in [0.2, 0.25) is 12.4 Å². The van der Waals surface area contributed by atoms with Gasteiger partial charge >= 0.3 is 0 Å². The number of nitrogens with zero attached hydrogens (tertiary/aromatic N) is 2. The molecule has 0 bridgehead atoms. The van der Waals surface area contributed by atoms with Gasteiger partial charge < -0.3 is 0 Å². The molecule has 4 nitrogen and oxygen atoms in total. The van der Waals surface area contributed by atoms with Crippen molar-refractivity contribution in [1.29, 1.82) is 0 Å². The molecule has 2 N–H and O–H groups in total. The average molecular weight is 395 g/mol. The fourth-order valence-electron chi connectivity index (χ4n) is 4.23.